The number of carboxylic acids is 1. The molecule has 1 unspecified atom stereocenters. The number of pyridine rings is 2. The van der Waals surface area contributed by atoms with E-state index in [1.807, 2.05) is 6.07 Å². The van der Waals surface area contributed by atoms with Crippen LogP contribution in [-0.4, -0.2) is 48.5 Å². The summed E-state index contributed by atoms with van der Waals surface area (Å²) in [6.45, 7) is 7.29. The van der Waals surface area contributed by atoms with E-state index in [2.05, 4.69) is 30.7 Å². The van der Waals surface area contributed by atoms with Crippen molar-refractivity contribution in [2.24, 2.45) is 5.41 Å². The normalized spacial score (nSPS) is 15.3. The van der Waals surface area contributed by atoms with Crippen LogP contribution in [0.15, 0.2) is 6.07 Å². The second kappa shape index (κ2) is 9.18. The molecule has 0 spiro atoms. The summed E-state index contributed by atoms with van der Waals surface area (Å²) in [5.74, 6) is -0.462. The van der Waals surface area contributed by atoms with Crippen LogP contribution in [0.2, 0.25) is 10.2 Å². The number of nitrogens with zero attached hydrogens (tertiary/aromatic N) is 2. The number of fused-ring (bicyclic) bond motifs is 3. The number of rotatable bonds is 7. The van der Waals surface area contributed by atoms with Crippen LogP contribution in [0.4, 0.5) is 0 Å². The Morgan fingerprint density at radius 2 is 1.90 bits per heavy atom. The number of carboxylic acid groups (broad SMARTS) is 1. The van der Waals surface area contributed by atoms with Gasteiger partial charge < -0.3 is 19.3 Å². The summed E-state index contributed by atoms with van der Waals surface area (Å²) in [7, 11) is 3.16. The van der Waals surface area contributed by atoms with E-state index in [-0.39, 0.29) is 27.1 Å². The molecule has 2 heterocycles. The molecule has 7 nitrogen and oxygen atoms in total. The van der Waals surface area contributed by atoms with Gasteiger partial charge in [0, 0.05) is 25.7 Å². The van der Waals surface area contributed by atoms with Crippen molar-refractivity contribution in [2.75, 3.05) is 27.4 Å². The van der Waals surface area contributed by atoms with E-state index in [9.17, 15) is 9.90 Å². The molecule has 0 aromatic carbocycles. The quantitative estimate of drug-likeness (QED) is 0.437. The van der Waals surface area contributed by atoms with Crippen molar-refractivity contribution in [3.63, 3.8) is 0 Å². The smallest absolute Gasteiger partial charge is 0.340 e. The molecule has 2 aromatic rings. The maximum atomic E-state index is 11.8. The predicted octanol–water partition coefficient (Wildman–Crippen LogP) is 5.26. The number of hydrogen-bond acceptors (Lipinski definition) is 6. The molecule has 9 heteroatoms. The highest BCUT2D eigenvalue weighted by Crippen LogP contribution is 2.51. The summed E-state index contributed by atoms with van der Waals surface area (Å²) < 4.78 is 16.4. The van der Waals surface area contributed by atoms with Crippen LogP contribution in [0.25, 0.3) is 11.4 Å². The van der Waals surface area contributed by atoms with Crippen LogP contribution in [-0.2, 0) is 11.2 Å². The highest BCUT2D eigenvalue weighted by atomic mass is 35.5. The van der Waals surface area contributed by atoms with Crippen molar-refractivity contribution in [1.29, 1.82) is 0 Å². The van der Waals surface area contributed by atoms with E-state index in [4.69, 9.17) is 37.4 Å². The second-order valence-corrected chi connectivity index (χ2v) is 9.22. The molecular weight excluding hydrogens is 443 g/mol. The summed E-state index contributed by atoms with van der Waals surface area (Å²) in [6, 6.07) is 1.91. The molecule has 168 valence electrons. The standard InChI is InChI=1S/C22H26Cl2N2O5/c1-22(2,3)12-9-11-10-13(31-8-6-7-29-4)20(30-5)26-17(11)18-14(12)16(23)15(21(27)28)19(24)25-18/h10,12H,6-9H2,1-5H3,(H,27,28). The van der Waals surface area contributed by atoms with Gasteiger partial charge in [0.05, 0.1) is 30.1 Å². The molecular formula is C22H26Cl2N2O5. The van der Waals surface area contributed by atoms with E-state index < -0.39 is 5.97 Å². The Kier molecular flexibility index (Phi) is 6.98. The number of aromatic carboxylic acids is 1. The minimum absolute atomic E-state index is 0.0955. The van der Waals surface area contributed by atoms with Crippen LogP contribution in [0.1, 0.15) is 54.6 Å². The molecule has 0 bridgehead atoms. The van der Waals surface area contributed by atoms with Crippen LogP contribution in [0.5, 0.6) is 11.6 Å². The van der Waals surface area contributed by atoms with Crippen LogP contribution in [0.3, 0.4) is 0 Å². The largest absolute Gasteiger partial charge is 0.488 e. The lowest BCUT2D eigenvalue weighted by molar-refractivity contribution is 0.0696. The topological polar surface area (TPSA) is 90.8 Å². The Bertz CT molecular complexity index is 1000. The van der Waals surface area contributed by atoms with Gasteiger partial charge in [0.25, 0.3) is 5.88 Å². The molecule has 2 aromatic heterocycles. The zero-order valence-electron chi connectivity index (χ0n) is 18.2. The molecule has 1 N–H and O–H groups in total. The molecule has 0 amide bonds. The van der Waals surface area contributed by atoms with Crippen molar-refractivity contribution in [3.05, 3.63) is 32.9 Å². The SMILES string of the molecule is COCCCOc1cc2c(nc1OC)-c1nc(Cl)c(C(=O)O)c(Cl)c1C(C(C)(C)C)C2. The maximum absolute atomic E-state index is 11.8. The highest BCUT2D eigenvalue weighted by Gasteiger charge is 2.39. The Morgan fingerprint density at radius 3 is 2.48 bits per heavy atom. The second-order valence-electron chi connectivity index (χ2n) is 8.48. The first-order valence-electron chi connectivity index (χ1n) is 9.92. The third-order valence-electron chi connectivity index (χ3n) is 5.36. The van der Waals surface area contributed by atoms with Gasteiger partial charge in [-0.15, -0.1) is 0 Å². The number of halogens is 2. The van der Waals surface area contributed by atoms with E-state index in [0.29, 0.717) is 48.2 Å². The van der Waals surface area contributed by atoms with E-state index in [1.54, 1.807) is 7.11 Å². The Balaban J connectivity index is 2.19. The van der Waals surface area contributed by atoms with Crippen LogP contribution in [0, 0.1) is 5.41 Å². The molecule has 31 heavy (non-hydrogen) atoms. The summed E-state index contributed by atoms with van der Waals surface area (Å²) in [5.41, 5.74) is 2.19. The number of carbonyl (C=O) groups is 1. The van der Waals surface area contributed by atoms with Gasteiger partial charge in [-0.1, -0.05) is 44.0 Å². The molecule has 0 aliphatic heterocycles. The summed E-state index contributed by atoms with van der Waals surface area (Å²) >= 11 is 12.8. The van der Waals surface area contributed by atoms with Gasteiger partial charge in [0.2, 0.25) is 0 Å². The fourth-order valence-electron chi connectivity index (χ4n) is 3.80. The first-order chi connectivity index (χ1) is 14.6. The van der Waals surface area contributed by atoms with E-state index >= 15 is 0 Å². The first kappa shape index (κ1) is 23.6. The molecule has 1 aliphatic carbocycles. The zero-order valence-corrected chi connectivity index (χ0v) is 19.7. The number of aromatic nitrogens is 2. The molecule has 0 saturated carbocycles. The van der Waals surface area contributed by atoms with Crippen molar-refractivity contribution in [1.82, 2.24) is 9.97 Å². The minimum Gasteiger partial charge on any atom is -0.488 e. The lowest BCUT2D eigenvalue weighted by Gasteiger charge is -2.37. The van der Waals surface area contributed by atoms with Gasteiger partial charge >= 0.3 is 5.97 Å². The van der Waals surface area contributed by atoms with Gasteiger partial charge in [0.15, 0.2) is 5.75 Å². The van der Waals surface area contributed by atoms with Gasteiger partial charge in [-0.2, -0.15) is 0 Å². The summed E-state index contributed by atoms with van der Waals surface area (Å²) in [5, 5.41) is 9.54. The van der Waals surface area contributed by atoms with Gasteiger partial charge in [-0.3, -0.25) is 0 Å². The Morgan fingerprint density at radius 1 is 1.19 bits per heavy atom. The average molecular weight is 469 g/mol. The van der Waals surface area contributed by atoms with Gasteiger partial charge in [-0.05, 0) is 29.4 Å². The van der Waals surface area contributed by atoms with Crippen LogP contribution >= 0.6 is 23.2 Å². The van der Waals surface area contributed by atoms with E-state index in [0.717, 1.165) is 12.0 Å². The number of ether oxygens (including phenoxy) is 3. The monoisotopic (exact) mass is 468 g/mol. The molecule has 1 aliphatic rings. The summed E-state index contributed by atoms with van der Waals surface area (Å²) in [4.78, 5) is 20.8. The van der Waals surface area contributed by atoms with Crippen molar-refractivity contribution >= 4 is 29.2 Å². The fraction of sp³-hybridized carbons (Fsp3) is 0.500. The first-order valence-corrected chi connectivity index (χ1v) is 10.7. The highest BCUT2D eigenvalue weighted by molar-refractivity contribution is 6.39. The zero-order chi connectivity index (χ0) is 22.9. The molecule has 0 fully saturated rings. The minimum atomic E-state index is -1.21. The van der Waals surface area contributed by atoms with Crippen molar-refractivity contribution in [2.45, 2.75) is 39.5 Å². The maximum Gasteiger partial charge on any atom is 0.340 e. The lowest BCUT2D eigenvalue weighted by atomic mass is 9.69. The third-order valence-corrected chi connectivity index (χ3v) is 6.03. The molecule has 1 atom stereocenters. The fourth-order valence-corrected chi connectivity index (χ4v) is 4.50. The summed E-state index contributed by atoms with van der Waals surface area (Å²) in [6.07, 6.45) is 1.33. The lowest BCUT2D eigenvalue weighted by Crippen LogP contribution is -2.27. The van der Waals surface area contributed by atoms with Crippen LogP contribution < -0.4 is 9.47 Å². The molecule has 0 radical (unpaired) electrons. The molecule has 0 saturated heterocycles. The number of methoxy groups -OCH3 is 2. The predicted molar refractivity (Wildman–Crippen MR) is 119 cm³/mol. The van der Waals surface area contributed by atoms with Crippen molar-refractivity contribution in [3.8, 4) is 23.0 Å². The molecule has 3 rings (SSSR count). The van der Waals surface area contributed by atoms with E-state index in [1.165, 1.54) is 7.11 Å². The average Bonchev–Trinajstić information content (AvgIpc) is 2.68. The third kappa shape index (κ3) is 4.59. The Labute approximate surface area is 191 Å². The number of hydrogen-bond donors (Lipinski definition) is 1. The van der Waals surface area contributed by atoms with Gasteiger partial charge in [-0.25, -0.2) is 14.8 Å². The van der Waals surface area contributed by atoms with Gasteiger partial charge in [0.1, 0.15) is 10.7 Å². The van der Waals surface area contributed by atoms with Crippen molar-refractivity contribution < 1.29 is 24.1 Å². The Hall–Kier alpha value is -2.09.